The molecule has 0 aromatic heterocycles. The molecule has 1 fully saturated rings. The molecule has 96 valence electrons. The van der Waals surface area contributed by atoms with Crippen molar-refractivity contribution in [2.24, 2.45) is 5.92 Å². The summed E-state index contributed by atoms with van der Waals surface area (Å²) in [7, 11) is 1.40. The van der Waals surface area contributed by atoms with Crippen LogP contribution >= 0.6 is 0 Å². The van der Waals surface area contributed by atoms with Crippen molar-refractivity contribution in [3.05, 3.63) is 0 Å². The van der Waals surface area contributed by atoms with Crippen LogP contribution in [0.2, 0.25) is 0 Å². The van der Waals surface area contributed by atoms with Gasteiger partial charge in [0.25, 0.3) is 0 Å². The number of nitrogens with one attached hydrogen (secondary N) is 1. The molecule has 0 aliphatic heterocycles. The molecular weight excluding hydrogens is 216 g/mol. The highest BCUT2D eigenvalue weighted by Gasteiger charge is 2.28. The fourth-order valence-electron chi connectivity index (χ4n) is 2.41. The van der Waals surface area contributed by atoms with E-state index in [0.29, 0.717) is 6.42 Å². The molecule has 0 aromatic carbocycles. The van der Waals surface area contributed by atoms with Crippen LogP contribution in [0, 0.1) is 17.2 Å². The Balaban J connectivity index is 2.62. The Morgan fingerprint density at radius 2 is 2.18 bits per heavy atom. The zero-order valence-electron chi connectivity index (χ0n) is 10.7. The monoisotopic (exact) mass is 238 g/mol. The number of methoxy groups -OCH3 is 1. The minimum atomic E-state index is -0.279. The lowest BCUT2D eigenvalue weighted by Crippen LogP contribution is -2.46. The Morgan fingerprint density at radius 1 is 1.47 bits per heavy atom. The number of nitriles is 1. The van der Waals surface area contributed by atoms with E-state index in [1.807, 2.05) is 6.92 Å². The lowest BCUT2D eigenvalue weighted by Gasteiger charge is -2.25. The third-order valence-electron chi connectivity index (χ3n) is 3.49. The number of carbonyl (C=O) groups is 1. The second-order valence-electron chi connectivity index (χ2n) is 4.63. The summed E-state index contributed by atoms with van der Waals surface area (Å²) < 4.78 is 4.76. The van der Waals surface area contributed by atoms with E-state index in [1.54, 1.807) is 0 Å². The van der Waals surface area contributed by atoms with Crippen LogP contribution < -0.4 is 5.32 Å². The zero-order valence-corrected chi connectivity index (χ0v) is 10.7. The Morgan fingerprint density at radius 3 is 2.76 bits per heavy atom. The summed E-state index contributed by atoms with van der Waals surface area (Å²) in [5, 5.41) is 12.5. The van der Waals surface area contributed by atoms with Gasteiger partial charge in [0, 0.05) is 6.04 Å². The van der Waals surface area contributed by atoms with Crippen LogP contribution in [0.5, 0.6) is 0 Å². The molecule has 3 unspecified atom stereocenters. The van der Waals surface area contributed by atoms with Gasteiger partial charge in [0.15, 0.2) is 0 Å². The molecule has 1 aliphatic carbocycles. The molecule has 0 heterocycles. The van der Waals surface area contributed by atoms with E-state index < -0.39 is 0 Å². The SMILES string of the molecule is CCC(NC1CCCCCC1C#N)C(=O)OC. The second kappa shape index (κ2) is 7.29. The lowest BCUT2D eigenvalue weighted by atomic mass is 9.95. The summed E-state index contributed by atoms with van der Waals surface area (Å²) in [6, 6.07) is 2.22. The van der Waals surface area contributed by atoms with Gasteiger partial charge in [0.05, 0.1) is 19.1 Å². The molecule has 1 N–H and O–H groups in total. The highest BCUT2D eigenvalue weighted by molar-refractivity contribution is 5.75. The minimum absolute atomic E-state index is 0.0243. The summed E-state index contributed by atoms with van der Waals surface area (Å²) in [5.74, 6) is -0.204. The van der Waals surface area contributed by atoms with Crippen LogP contribution in [-0.4, -0.2) is 25.2 Å². The van der Waals surface area contributed by atoms with Gasteiger partial charge in [0.1, 0.15) is 6.04 Å². The van der Waals surface area contributed by atoms with Gasteiger partial charge in [0.2, 0.25) is 0 Å². The maximum atomic E-state index is 11.5. The molecular formula is C13H22N2O2. The van der Waals surface area contributed by atoms with Gasteiger partial charge in [-0.3, -0.25) is 4.79 Å². The van der Waals surface area contributed by atoms with E-state index in [2.05, 4.69) is 11.4 Å². The van der Waals surface area contributed by atoms with E-state index in [1.165, 1.54) is 13.5 Å². The number of carbonyl (C=O) groups excluding carboxylic acids is 1. The van der Waals surface area contributed by atoms with Crippen molar-refractivity contribution in [3.8, 4) is 6.07 Å². The molecule has 4 heteroatoms. The third kappa shape index (κ3) is 4.01. The third-order valence-corrected chi connectivity index (χ3v) is 3.49. The Labute approximate surface area is 103 Å². The average Bonchev–Trinajstić information content (AvgIpc) is 2.59. The summed E-state index contributed by atoms with van der Waals surface area (Å²) in [5.41, 5.74) is 0. The van der Waals surface area contributed by atoms with Crippen molar-refractivity contribution in [2.75, 3.05) is 7.11 Å². The fraction of sp³-hybridized carbons (Fsp3) is 0.846. The van der Waals surface area contributed by atoms with Crippen LogP contribution in [0.4, 0.5) is 0 Å². The first-order valence-corrected chi connectivity index (χ1v) is 6.46. The number of nitrogens with zero attached hydrogens (tertiary/aromatic N) is 1. The number of rotatable bonds is 4. The van der Waals surface area contributed by atoms with Gasteiger partial charge in [-0.1, -0.05) is 26.2 Å². The van der Waals surface area contributed by atoms with Gasteiger partial charge in [-0.2, -0.15) is 5.26 Å². The number of hydrogen-bond acceptors (Lipinski definition) is 4. The molecule has 0 saturated heterocycles. The van der Waals surface area contributed by atoms with Crippen molar-refractivity contribution < 1.29 is 9.53 Å². The largest absolute Gasteiger partial charge is 0.468 e. The minimum Gasteiger partial charge on any atom is -0.468 e. The molecule has 1 rings (SSSR count). The summed E-state index contributed by atoms with van der Waals surface area (Å²) >= 11 is 0. The van der Waals surface area contributed by atoms with Crippen LogP contribution in [0.1, 0.15) is 45.4 Å². The Hall–Kier alpha value is -1.08. The topological polar surface area (TPSA) is 62.1 Å². The summed E-state index contributed by atoms with van der Waals surface area (Å²) in [6.07, 6.45) is 6.04. The highest BCUT2D eigenvalue weighted by Crippen LogP contribution is 2.23. The lowest BCUT2D eigenvalue weighted by molar-refractivity contribution is -0.143. The molecule has 4 nitrogen and oxygen atoms in total. The normalized spacial score (nSPS) is 26.6. The number of hydrogen-bond donors (Lipinski definition) is 1. The molecule has 0 bridgehead atoms. The Bertz CT molecular complexity index is 286. The van der Waals surface area contributed by atoms with Crippen LogP contribution in [-0.2, 0) is 9.53 Å². The predicted octanol–water partition coefficient (Wildman–Crippen LogP) is 2.00. The van der Waals surface area contributed by atoms with Gasteiger partial charge in [-0.25, -0.2) is 0 Å². The first-order valence-electron chi connectivity index (χ1n) is 6.46. The quantitative estimate of drug-likeness (QED) is 0.601. The van der Waals surface area contributed by atoms with Crippen LogP contribution in [0.25, 0.3) is 0 Å². The molecule has 1 saturated carbocycles. The van der Waals surface area contributed by atoms with Gasteiger partial charge in [-0.15, -0.1) is 0 Å². The maximum absolute atomic E-state index is 11.5. The number of esters is 1. The van der Waals surface area contributed by atoms with Gasteiger partial charge < -0.3 is 10.1 Å². The zero-order chi connectivity index (χ0) is 12.7. The van der Waals surface area contributed by atoms with E-state index >= 15 is 0 Å². The smallest absolute Gasteiger partial charge is 0.322 e. The van der Waals surface area contributed by atoms with E-state index in [9.17, 15) is 4.79 Å². The maximum Gasteiger partial charge on any atom is 0.322 e. The summed E-state index contributed by atoms with van der Waals surface area (Å²) in [6.45, 7) is 1.95. The van der Waals surface area contributed by atoms with Crippen LogP contribution in [0.15, 0.2) is 0 Å². The van der Waals surface area contributed by atoms with Crippen molar-refractivity contribution in [2.45, 2.75) is 57.5 Å². The van der Waals surface area contributed by atoms with Crippen molar-refractivity contribution >= 4 is 5.97 Å². The van der Waals surface area contributed by atoms with E-state index in [0.717, 1.165) is 25.7 Å². The standard InChI is InChI=1S/C13H22N2O2/c1-3-11(13(16)17-2)15-12-8-6-4-5-7-10(12)9-14/h10-12,15H,3-8H2,1-2H3. The van der Waals surface area contributed by atoms with Crippen LogP contribution in [0.3, 0.4) is 0 Å². The van der Waals surface area contributed by atoms with E-state index in [-0.39, 0.29) is 24.0 Å². The predicted molar refractivity (Wildman–Crippen MR) is 65.2 cm³/mol. The molecule has 1 aliphatic rings. The fourth-order valence-corrected chi connectivity index (χ4v) is 2.41. The molecule has 0 aromatic rings. The molecule has 0 amide bonds. The van der Waals surface area contributed by atoms with Crippen molar-refractivity contribution in [1.82, 2.24) is 5.32 Å². The second-order valence-corrected chi connectivity index (χ2v) is 4.63. The van der Waals surface area contributed by atoms with E-state index in [4.69, 9.17) is 10.00 Å². The van der Waals surface area contributed by atoms with Crippen molar-refractivity contribution in [1.29, 1.82) is 5.26 Å². The average molecular weight is 238 g/mol. The van der Waals surface area contributed by atoms with Gasteiger partial charge >= 0.3 is 5.97 Å². The first kappa shape index (κ1) is 14.0. The molecule has 0 spiro atoms. The van der Waals surface area contributed by atoms with Gasteiger partial charge in [-0.05, 0) is 19.3 Å². The molecule has 3 atom stereocenters. The molecule has 0 radical (unpaired) electrons. The Kier molecular flexibility index (Phi) is 5.99. The highest BCUT2D eigenvalue weighted by atomic mass is 16.5. The van der Waals surface area contributed by atoms with Crippen molar-refractivity contribution in [3.63, 3.8) is 0 Å². The molecule has 17 heavy (non-hydrogen) atoms. The number of ether oxygens (including phenoxy) is 1. The summed E-state index contributed by atoms with van der Waals surface area (Å²) in [4.78, 5) is 11.5. The first-order chi connectivity index (χ1) is 8.22.